The van der Waals surface area contributed by atoms with E-state index >= 15 is 0 Å². The number of aromatic nitrogens is 4. The van der Waals surface area contributed by atoms with E-state index in [1.807, 2.05) is 6.92 Å². The summed E-state index contributed by atoms with van der Waals surface area (Å²) < 4.78 is 6.88. The number of hydrogen-bond donors (Lipinski definition) is 2. The summed E-state index contributed by atoms with van der Waals surface area (Å²) >= 11 is 2.64. The number of nitrogens with one attached hydrogen (secondary N) is 2. The molecule has 0 saturated carbocycles. The first kappa shape index (κ1) is 21.8. The second-order valence-corrected chi connectivity index (χ2v) is 8.61. The average Bonchev–Trinajstić information content (AvgIpc) is 3.38. The van der Waals surface area contributed by atoms with Crippen LogP contribution in [0.25, 0.3) is 0 Å². The highest BCUT2D eigenvalue weighted by molar-refractivity contribution is 8.00. The van der Waals surface area contributed by atoms with Gasteiger partial charge < -0.3 is 19.9 Å². The largest absolute Gasteiger partial charge is 0.497 e. The summed E-state index contributed by atoms with van der Waals surface area (Å²) in [5, 5.41) is 16.6. The van der Waals surface area contributed by atoms with E-state index in [0.717, 1.165) is 0 Å². The molecule has 0 aliphatic heterocycles. The summed E-state index contributed by atoms with van der Waals surface area (Å²) in [4.78, 5) is 28.9. The Bertz CT molecular complexity index is 1000. The number of rotatable bonds is 8. The summed E-state index contributed by atoms with van der Waals surface area (Å²) in [6.45, 7) is 3.62. The van der Waals surface area contributed by atoms with Crippen LogP contribution in [-0.2, 0) is 11.8 Å². The van der Waals surface area contributed by atoms with E-state index in [2.05, 4.69) is 25.8 Å². The van der Waals surface area contributed by atoms with Crippen molar-refractivity contribution in [2.45, 2.75) is 30.3 Å². The molecule has 2 N–H and O–H groups in total. The molecule has 2 amide bonds. The number of benzene rings is 1. The molecular formula is C19H22N6O3S2. The average molecular weight is 447 g/mol. The van der Waals surface area contributed by atoms with Crippen molar-refractivity contribution in [3.63, 3.8) is 0 Å². The van der Waals surface area contributed by atoms with Crippen molar-refractivity contribution >= 4 is 40.0 Å². The minimum atomic E-state index is -0.395. The molecule has 0 unspecified atom stereocenters. The van der Waals surface area contributed by atoms with Crippen LogP contribution in [0.2, 0.25) is 0 Å². The van der Waals surface area contributed by atoms with Gasteiger partial charge >= 0.3 is 0 Å². The predicted molar refractivity (Wildman–Crippen MR) is 116 cm³/mol. The lowest BCUT2D eigenvalue weighted by Crippen LogP contribution is -2.28. The van der Waals surface area contributed by atoms with E-state index in [1.165, 1.54) is 23.1 Å². The third-order valence-electron chi connectivity index (χ3n) is 4.27. The summed E-state index contributed by atoms with van der Waals surface area (Å²) in [6, 6.07) is 6.48. The molecule has 0 aliphatic carbocycles. The van der Waals surface area contributed by atoms with Crippen LogP contribution in [0, 0.1) is 0 Å². The SMILES string of the molecule is COc1ccc(C(=O)N[C@H](C)c2nnc(S[C@H](C)C(=O)Nc3nccs3)n2C)cc1. The fraction of sp³-hybridized carbons (Fsp3) is 0.316. The minimum absolute atomic E-state index is 0.166. The number of carbonyl (C=O) groups is 2. The van der Waals surface area contributed by atoms with Crippen LogP contribution in [0.5, 0.6) is 5.75 Å². The maximum absolute atomic E-state index is 12.5. The van der Waals surface area contributed by atoms with E-state index < -0.39 is 5.25 Å². The number of nitrogens with zero attached hydrogens (tertiary/aromatic N) is 4. The van der Waals surface area contributed by atoms with Crippen molar-refractivity contribution in [1.82, 2.24) is 25.1 Å². The molecule has 0 saturated heterocycles. The Hall–Kier alpha value is -2.92. The maximum Gasteiger partial charge on any atom is 0.251 e. The number of carbonyl (C=O) groups excluding carboxylic acids is 2. The quantitative estimate of drug-likeness (QED) is 0.512. The molecule has 11 heteroatoms. The van der Waals surface area contributed by atoms with Crippen LogP contribution in [0.3, 0.4) is 0 Å². The number of amides is 2. The number of thiazole rings is 1. The number of thioether (sulfide) groups is 1. The van der Waals surface area contributed by atoms with Crippen LogP contribution < -0.4 is 15.4 Å². The standard InChI is InChI=1S/C19H22N6O3S2/c1-11(21-17(27)13-5-7-14(28-4)8-6-13)15-23-24-19(25(15)3)30-12(2)16(26)22-18-20-9-10-29-18/h5-12H,1-4H3,(H,21,27)(H,20,22,26)/t11-,12-/m1/s1. The molecule has 1 aromatic carbocycles. The molecule has 0 radical (unpaired) electrons. The summed E-state index contributed by atoms with van der Waals surface area (Å²) in [5.41, 5.74) is 0.520. The summed E-state index contributed by atoms with van der Waals surface area (Å²) in [7, 11) is 3.38. The lowest BCUT2D eigenvalue weighted by molar-refractivity contribution is -0.115. The van der Waals surface area contributed by atoms with Crippen molar-refractivity contribution in [3.05, 3.63) is 47.2 Å². The molecule has 158 valence electrons. The Balaban J connectivity index is 1.61. The van der Waals surface area contributed by atoms with Crippen molar-refractivity contribution < 1.29 is 14.3 Å². The first-order valence-electron chi connectivity index (χ1n) is 9.10. The van der Waals surface area contributed by atoms with E-state index in [9.17, 15) is 9.59 Å². The van der Waals surface area contributed by atoms with Gasteiger partial charge in [-0.1, -0.05) is 11.8 Å². The molecular weight excluding hydrogens is 424 g/mol. The van der Waals surface area contributed by atoms with Gasteiger partial charge in [-0.05, 0) is 38.1 Å². The Morgan fingerprint density at radius 3 is 2.57 bits per heavy atom. The topological polar surface area (TPSA) is 111 Å². The van der Waals surface area contributed by atoms with Gasteiger partial charge in [0.1, 0.15) is 5.75 Å². The molecule has 0 fully saturated rings. The van der Waals surface area contributed by atoms with Gasteiger partial charge in [0.2, 0.25) is 5.91 Å². The van der Waals surface area contributed by atoms with Gasteiger partial charge in [-0.25, -0.2) is 4.98 Å². The molecule has 9 nitrogen and oxygen atoms in total. The summed E-state index contributed by atoms with van der Waals surface area (Å²) in [5.74, 6) is 0.883. The monoisotopic (exact) mass is 446 g/mol. The lowest BCUT2D eigenvalue weighted by atomic mass is 10.2. The zero-order valence-electron chi connectivity index (χ0n) is 16.9. The van der Waals surface area contributed by atoms with Crippen molar-refractivity contribution in [2.24, 2.45) is 7.05 Å². The highest BCUT2D eigenvalue weighted by Crippen LogP contribution is 2.25. The molecule has 2 atom stereocenters. The molecule has 2 aromatic heterocycles. The van der Waals surface area contributed by atoms with Crippen LogP contribution in [-0.4, -0.2) is 43.9 Å². The third kappa shape index (κ3) is 5.16. The van der Waals surface area contributed by atoms with Crippen molar-refractivity contribution in [3.8, 4) is 5.75 Å². The molecule has 0 aliphatic rings. The van der Waals surface area contributed by atoms with Crippen molar-refractivity contribution in [1.29, 1.82) is 0 Å². The van der Waals surface area contributed by atoms with Gasteiger partial charge in [0.15, 0.2) is 16.1 Å². The zero-order chi connectivity index (χ0) is 21.7. The van der Waals surface area contributed by atoms with Crippen molar-refractivity contribution in [2.75, 3.05) is 12.4 Å². The van der Waals surface area contributed by atoms with Gasteiger partial charge in [0, 0.05) is 24.2 Å². The Morgan fingerprint density at radius 2 is 1.93 bits per heavy atom. The Labute approximate surface area is 182 Å². The second kappa shape index (κ2) is 9.72. The van der Waals surface area contributed by atoms with Crippen LogP contribution in [0.1, 0.15) is 36.1 Å². The maximum atomic E-state index is 12.5. The molecule has 2 heterocycles. The Morgan fingerprint density at radius 1 is 1.20 bits per heavy atom. The first-order chi connectivity index (χ1) is 14.4. The third-order valence-corrected chi connectivity index (χ3v) is 6.09. The normalized spacial score (nSPS) is 12.8. The van der Waals surface area contributed by atoms with Crippen LogP contribution in [0.15, 0.2) is 41.0 Å². The number of hydrogen-bond acceptors (Lipinski definition) is 8. The van der Waals surface area contributed by atoms with Gasteiger partial charge in [0.05, 0.1) is 18.4 Å². The minimum Gasteiger partial charge on any atom is -0.497 e. The van der Waals surface area contributed by atoms with Gasteiger partial charge in [-0.15, -0.1) is 21.5 Å². The van der Waals surface area contributed by atoms with E-state index in [-0.39, 0.29) is 17.9 Å². The van der Waals surface area contributed by atoms with Gasteiger partial charge in [-0.3, -0.25) is 9.59 Å². The number of methoxy groups -OCH3 is 1. The van der Waals surface area contributed by atoms with Crippen LogP contribution in [0.4, 0.5) is 5.13 Å². The molecule has 3 aromatic rings. The molecule has 0 spiro atoms. The van der Waals surface area contributed by atoms with Gasteiger partial charge in [-0.2, -0.15) is 0 Å². The first-order valence-corrected chi connectivity index (χ1v) is 10.9. The number of ether oxygens (including phenoxy) is 1. The fourth-order valence-electron chi connectivity index (χ4n) is 2.60. The fourth-order valence-corrected chi connectivity index (χ4v) is 3.95. The molecule has 3 rings (SSSR count). The van der Waals surface area contributed by atoms with E-state index in [0.29, 0.717) is 27.4 Å². The number of anilines is 1. The lowest BCUT2D eigenvalue weighted by Gasteiger charge is -2.14. The predicted octanol–water partition coefficient (Wildman–Crippen LogP) is 2.89. The highest BCUT2D eigenvalue weighted by Gasteiger charge is 2.22. The Kier molecular flexibility index (Phi) is 7.06. The second-order valence-electron chi connectivity index (χ2n) is 6.41. The summed E-state index contributed by atoms with van der Waals surface area (Å²) in [6.07, 6.45) is 1.63. The van der Waals surface area contributed by atoms with E-state index in [4.69, 9.17) is 4.74 Å². The molecule has 30 heavy (non-hydrogen) atoms. The zero-order valence-corrected chi connectivity index (χ0v) is 18.6. The molecule has 0 bridgehead atoms. The highest BCUT2D eigenvalue weighted by atomic mass is 32.2. The smallest absolute Gasteiger partial charge is 0.251 e. The van der Waals surface area contributed by atoms with Crippen LogP contribution >= 0.6 is 23.1 Å². The van der Waals surface area contributed by atoms with E-state index in [1.54, 1.807) is 61.5 Å². The van der Waals surface area contributed by atoms with Gasteiger partial charge in [0.25, 0.3) is 5.91 Å².